The third kappa shape index (κ3) is 5.33. The summed E-state index contributed by atoms with van der Waals surface area (Å²) < 4.78 is 0. The molecule has 6 nitrogen and oxygen atoms in total. The lowest BCUT2D eigenvalue weighted by molar-refractivity contribution is -0.139. The van der Waals surface area contributed by atoms with E-state index in [2.05, 4.69) is 44.7 Å². The summed E-state index contributed by atoms with van der Waals surface area (Å²) in [6.45, 7) is 2.83. The van der Waals surface area contributed by atoms with Crippen LogP contribution in [-0.2, 0) is 16.1 Å². The van der Waals surface area contributed by atoms with Gasteiger partial charge in [-0.1, -0.05) is 18.2 Å². The van der Waals surface area contributed by atoms with Gasteiger partial charge in [0, 0.05) is 31.2 Å². The van der Waals surface area contributed by atoms with Crippen LogP contribution in [0.3, 0.4) is 0 Å². The van der Waals surface area contributed by atoms with Gasteiger partial charge >= 0.3 is 11.8 Å². The molecule has 1 aromatic heterocycles. The van der Waals surface area contributed by atoms with Gasteiger partial charge < -0.3 is 15.5 Å². The van der Waals surface area contributed by atoms with Crippen molar-refractivity contribution in [3.05, 3.63) is 52.2 Å². The molecule has 28 heavy (non-hydrogen) atoms. The topological polar surface area (TPSA) is 64.7 Å². The van der Waals surface area contributed by atoms with E-state index < -0.39 is 11.8 Å². The minimum atomic E-state index is -0.587. The Hall–Kier alpha value is -2.38. The van der Waals surface area contributed by atoms with Gasteiger partial charge in [0.05, 0.1) is 12.6 Å². The summed E-state index contributed by atoms with van der Waals surface area (Å²) >= 11 is 1.56. The van der Waals surface area contributed by atoms with E-state index in [1.54, 1.807) is 11.3 Å². The van der Waals surface area contributed by atoms with Crippen molar-refractivity contribution in [3.63, 3.8) is 0 Å². The molecule has 3 rings (SSSR count). The van der Waals surface area contributed by atoms with E-state index in [1.165, 1.54) is 12.8 Å². The fourth-order valence-corrected chi connectivity index (χ4v) is 4.08. The first-order chi connectivity index (χ1) is 13.5. The van der Waals surface area contributed by atoms with E-state index in [0.29, 0.717) is 13.1 Å². The van der Waals surface area contributed by atoms with Crippen LogP contribution >= 0.6 is 11.3 Å². The molecule has 0 bridgehead atoms. The predicted octanol–water partition coefficient (Wildman–Crippen LogP) is 2.38. The van der Waals surface area contributed by atoms with Crippen molar-refractivity contribution in [2.45, 2.75) is 25.4 Å². The number of benzene rings is 1. The van der Waals surface area contributed by atoms with Crippen molar-refractivity contribution in [3.8, 4) is 0 Å². The Morgan fingerprint density at radius 2 is 1.75 bits per heavy atom. The average molecular weight is 401 g/mol. The molecule has 1 aliphatic heterocycles. The van der Waals surface area contributed by atoms with Crippen LogP contribution in [0.1, 0.15) is 29.3 Å². The number of likely N-dealkylation sites (tertiary alicyclic amines) is 1. The molecule has 1 aromatic carbocycles. The van der Waals surface area contributed by atoms with Gasteiger partial charge in [0.1, 0.15) is 0 Å². The van der Waals surface area contributed by atoms with Crippen molar-refractivity contribution in [1.29, 1.82) is 0 Å². The molecule has 2 aromatic rings. The number of rotatable bonds is 7. The van der Waals surface area contributed by atoms with Crippen LogP contribution in [0.15, 0.2) is 41.8 Å². The van der Waals surface area contributed by atoms with Gasteiger partial charge in [-0.15, -0.1) is 11.3 Å². The molecule has 2 heterocycles. The van der Waals surface area contributed by atoms with Crippen molar-refractivity contribution < 1.29 is 9.59 Å². The minimum absolute atomic E-state index is 0.0766. The largest absolute Gasteiger partial charge is 0.378 e. The van der Waals surface area contributed by atoms with Crippen LogP contribution in [0.25, 0.3) is 0 Å². The van der Waals surface area contributed by atoms with Gasteiger partial charge in [0.2, 0.25) is 0 Å². The van der Waals surface area contributed by atoms with Crippen LogP contribution in [0.4, 0.5) is 5.69 Å². The quantitative estimate of drug-likeness (QED) is 0.701. The Labute approximate surface area is 170 Å². The summed E-state index contributed by atoms with van der Waals surface area (Å²) in [4.78, 5) is 29.8. The molecule has 1 aliphatic rings. The van der Waals surface area contributed by atoms with E-state index in [-0.39, 0.29) is 6.04 Å². The molecule has 1 saturated heterocycles. The summed E-state index contributed by atoms with van der Waals surface area (Å²) in [5.41, 5.74) is 2.30. The zero-order valence-corrected chi connectivity index (χ0v) is 17.3. The summed E-state index contributed by atoms with van der Waals surface area (Å²) in [6, 6.07) is 12.3. The smallest absolute Gasteiger partial charge is 0.309 e. The van der Waals surface area contributed by atoms with Crippen LogP contribution < -0.4 is 15.5 Å². The number of anilines is 1. The highest BCUT2D eigenvalue weighted by Gasteiger charge is 2.25. The number of hydrogen-bond donors (Lipinski definition) is 2. The lowest BCUT2D eigenvalue weighted by Gasteiger charge is -2.28. The van der Waals surface area contributed by atoms with Crippen LogP contribution in [0, 0.1) is 0 Å². The molecule has 0 spiro atoms. The Morgan fingerprint density at radius 1 is 1.07 bits per heavy atom. The third-order valence-electron chi connectivity index (χ3n) is 5.04. The van der Waals surface area contributed by atoms with E-state index in [1.807, 2.05) is 31.6 Å². The molecule has 7 heteroatoms. The summed E-state index contributed by atoms with van der Waals surface area (Å²) in [5, 5.41) is 7.45. The van der Waals surface area contributed by atoms with Gasteiger partial charge in [0.15, 0.2) is 0 Å². The van der Waals surface area contributed by atoms with Gasteiger partial charge in [-0.3, -0.25) is 14.5 Å². The predicted molar refractivity (Wildman–Crippen MR) is 113 cm³/mol. The van der Waals surface area contributed by atoms with Crippen LogP contribution in [0.5, 0.6) is 0 Å². The first-order valence-corrected chi connectivity index (χ1v) is 10.5. The lowest BCUT2D eigenvalue weighted by Crippen LogP contribution is -2.43. The molecule has 150 valence electrons. The highest BCUT2D eigenvalue weighted by Crippen LogP contribution is 2.26. The standard InChI is InChI=1S/C21H28N4O2S/c1-24(2)17-9-7-16(8-10-17)19(25-11-3-4-12-25)15-23-21(27)20(26)22-14-18-6-5-13-28-18/h5-10,13,19H,3-4,11-12,14-15H2,1-2H3,(H,22,26)(H,23,27)/t19-/m1/s1. The highest BCUT2D eigenvalue weighted by atomic mass is 32.1. The van der Waals surface area contributed by atoms with Gasteiger partial charge in [0.25, 0.3) is 0 Å². The fourth-order valence-electron chi connectivity index (χ4n) is 3.44. The first kappa shape index (κ1) is 20.4. The Morgan fingerprint density at radius 3 is 2.36 bits per heavy atom. The second-order valence-corrected chi connectivity index (χ2v) is 8.25. The Bertz CT molecular complexity index is 768. The molecule has 2 amide bonds. The molecule has 1 atom stereocenters. The first-order valence-electron chi connectivity index (χ1n) is 9.64. The second kappa shape index (κ2) is 9.71. The minimum Gasteiger partial charge on any atom is -0.378 e. The average Bonchev–Trinajstić information content (AvgIpc) is 3.40. The summed E-state index contributed by atoms with van der Waals surface area (Å²) in [6.07, 6.45) is 2.34. The zero-order valence-electron chi connectivity index (χ0n) is 16.5. The molecule has 1 fully saturated rings. The number of hydrogen-bond acceptors (Lipinski definition) is 5. The Balaban J connectivity index is 1.59. The zero-order chi connectivity index (χ0) is 19.9. The maximum Gasteiger partial charge on any atom is 0.309 e. The summed E-state index contributed by atoms with van der Waals surface area (Å²) in [5.74, 6) is -1.16. The normalized spacial score (nSPS) is 15.2. The molecule has 0 unspecified atom stereocenters. The number of carbonyl (C=O) groups is 2. The van der Waals surface area contributed by atoms with Crippen molar-refractivity contribution in [2.75, 3.05) is 38.6 Å². The molecule has 0 aliphatic carbocycles. The maximum absolute atomic E-state index is 12.3. The third-order valence-corrected chi connectivity index (χ3v) is 5.92. The van der Waals surface area contributed by atoms with E-state index in [0.717, 1.165) is 29.2 Å². The van der Waals surface area contributed by atoms with Crippen LogP contribution in [0.2, 0.25) is 0 Å². The van der Waals surface area contributed by atoms with Crippen molar-refractivity contribution in [2.24, 2.45) is 0 Å². The monoisotopic (exact) mass is 400 g/mol. The molecule has 0 saturated carbocycles. The van der Waals surface area contributed by atoms with Crippen LogP contribution in [-0.4, -0.2) is 50.4 Å². The number of amides is 2. The number of nitrogens with one attached hydrogen (secondary N) is 2. The number of carbonyl (C=O) groups excluding carboxylic acids is 2. The van der Waals surface area contributed by atoms with Gasteiger partial charge in [-0.25, -0.2) is 0 Å². The molecular formula is C21H28N4O2S. The van der Waals surface area contributed by atoms with E-state index in [9.17, 15) is 9.59 Å². The molecule has 2 N–H and O–H groups in total. The van der Waals surface area contributed by atoms with Gasteiger partial charge in [-0.05, 0) is 55.1 Å². The highest BCUT2D eigenvalue weighted by molar-refractivity contribution is 7.09. The fraction of sp³-hybridized carbons (Fsp3) is 0.429. The van der Waals surface area contributed by atoms with E-state index >= 15 is 0 Å². The SMILES string of the molecule is CN(C)c1ccc([C@@H](CNC(=O)C(=O)NCc2cccs2)N2CCCC2)cc1. The second-order valence-electron chi connectivity index (χ2n) is 7.22. The van der Waals surface area contributed by atoms with Crippen molar-refractivity contribution in [1.82, 2.24) is 15.5 Å². The Kier molecular flexibility index (Phi) is 7.06. The number of thiophene rings is 1. The van der Waals surface area contributed by atoms with Crippen molar-refractivity contribution >= 4 is 28.8 Å². The summed E-state index contributed by atoms with van der Waals surface area (Å²) in [7, 11) is 4.03. The molecule has 0 radical (unpaired) electrons. The number of nitrogens with zero attached hydrogens (tertiary/aromatic N) is 2. The lowest BCUT2D eigenvalue weighted by atomic mass is 10.0. The van der Waals surface area contributed by atoms with Gasteiger partial charge in [-0.2, -0.15) is 0 Å². The maximum atomic E-state index is 12.3. The van der Waals surface area contributed by atoms with E-state index in [4.69, 9.17) is 0 Å². The molecular weight excluding hydrogens is 372 g/mol.